The smallest absolute Gasteiger partial charge is 0.224 e. The highest BCUT2D eigenvalue weighted by Gasteiger charge is 2.10. The fourth-order valence-electron chi connectivity index (χ4n) is 2.13. The summed E-state index contributed by atoms with van der Waals surface area (Å²) in [5, 5.41) is 14.8. The van der Waals surface area contributed by atoms with Crippen LogP contribution in [-0.2, 0) is 17.8 Å². The molecule has 3 rings (SSSR count). The zero-order valence-electron chi connectivity index (χ0n) is 12.5. The van der Waals surface area contributed by atoms with Crippen molar-refractivity contribution in [3.05, 3.63) is 70.8 Å². The maximum Gasteiger partial charge on any atom is 0.224 e. The lowest BCUT2D eigenvalue weighted by atomic mass is 10.1. The van der Waals surface area contributed by atoms with Gasteiger partial charge in [-0.15, -0.1) is 5.10 Å². The zero-order valence-corrected chi connectivity index (χ0v) is 13.2. The summed E-state index contributed by atoms with van der Waals surface area (Å²) >= 11 is 5.86. The number of hydrogen-bond acceptors (Lipinski definition) is 4. The van der Waals surface area contributed by atoms with Gasteiger partial charge in [-0.3, -0.25) is 4.79 Å². The van der Waals surface area contributed by atoms with Crippen molar-refractivity contribution in [2.45, 2.75) is 13.0 Å². The van der Waals surface area contributed by atoms with Crippen molar-refractivity contribution < 1.29 is 9.18 Å². The monoisotopic (exact) mass is 345 g/mol. The van der Waals surface area contributed by atoms with Gasteiger partial charge in [-0.25, -0.2) is 4.39 Å². The van der Waals surface area contributed by atoms with Gasteiger partial charge in [0.25, 0.3) is 0 Å². The van der Waals surface area contributed by atoms with Gasteiger partial charge in [-0.2, -0.15) is 4.68 Å². The van der Waals surface area contributed by atoms with Gasteiger partial charge in [0.2, 0.25) is 5.91 Å². The second-order valence-corrected chi connectivity index (χ2v) is 5.50. The molecule has 0 atom stereocenters. The van der Waals surface area contributed by atoms with Crippen LogP contribution < -0.4 is 5.32 Å². The Bertz CT molecular complexity index is 832. The van der Waals surface area contributed by atoms with Crippen LogP contribution >= 0.6 is 11.6 Å². The third-order valence-electron chi connectivity index (χ3n) is 3.33. The number of halogens is 2. The average Bonchev–Trinajstić information content (AvgIpc) is 3.04. The molecule has 0 aliphatic heterocycles. The molecule has 0 aliphatic carbocycles. The highest BCUT2D eigenvalue weighted by Crippen LogP contribution is 2.13. The van der Waals surface area contributed by atoms with E-state index in [2.05, 4.69) is 20.8 Å². The molecule has 0 bridgehead atoms. The van der Waals surface area contributed by atoms with Gasteiger partial charge in [0.15, 0.2) is 5.82 Å². The second kappa shape index (κ2) is 7.18. The Kier molecular flexibility index (Phi) is 4.81. The van der Waals surface area contributed by atoms with Crippen LogP contribution in [0.3, 0.4) is 0 Å². The molecule has 1 amide bonds. The van der Waals surface area contributed by atoms with E-state index in [4.69, 9.17) is 11.6 Å². The maximum absolute atomic E-state index is 12.9. The van der Waals surface area contributed by atoms with Crippen LogP contribution in [0.1, 0.15) is 11.4 Å². The molecule has 0 saturated heterocycles. The normalized spacial score (nSPS) is 10.6. The molecule has 1 N–H and O–H groups in total. The molecule has 1 heterocycles. The average molecular weight is 346 g/mol. The summed E-state index contributed by atoms with van der Waals surface area (Å²) in [5.41, 5.74) is 1.47. The first-order valence-corrected chi connectivity index (χ1v) is 7.54. The fraction of sp³-hybridized carbons (Fsp3) is 0.125. The SMILES string of the molecule is O=C(Cc1ccc(F)cc1)NCc1nnnn1-c1ccc(Cl)cc1. The minimum absolute atomic E-state index is 0.156. The molecule has 0 radical (unpaired) electrons. The molecule has 122 valence electrons. The largest absolute Gasteiger partial charge is 0.348 e. The molecule has 2 aromatic carbocycles. The predicted molar refractivity (Wildman–Crippen MR) is 86.1 cm³/mol. The van der Waals surface area contributed by atoms with Gasteiger partial charge >= 0.3 is 0 Å². The molecule has 3 aromatic rings. The second-order valence-electron chi connectivity index (χ2n) is 5.06. The summed E-state index contributed by atoms with van der Waals surface area (Å²) in [6, 6.07) is 12.8. The van der Waals surface area contributed by atoms with E-state index < -0.39 is 0 Å². The highest BCUT2D eigenvalue weighted by molar-refractivity contribution is 6.30. The topological polar surface area (TPSA) is 72.7 Å². The maximum atomic E-state index is 12.9. The fourth-order valence-corrected chi connectivity index (χ4v) is 2.25. The van der Waals surface area contributed by atoms with Crippen LogP contribution in [0.2, 0.25) is 5.02 Å². The Morgan fingerprint density at radius 1 is 1.12 bits per heavy atom. The number of benzene rings is 2. The van der Waals surface area contributed by atoms with Crippen LogP contribution in [0.4, 0.5) is 4.39 Å². The van der Waals surface area contributed by atoms with Crippen molar-refractivity contribution in [3.8, 4) is 5.69 Å². The van der Waals surface area contributed by atoms with Gasteiger partial charge in [0.1, 0.15) is 5.82 Å². The van der Waals surface area contributed by atoms with Crippen molar-refractivity contribution in [3.63, 3.8) is 0 Å². The first kappa shape index (κ1) is 16.1. The summed E-state index contributed by atoms with van der Waals surface area (Å²) in [7, 11) is 0. The molecule has 0 saturated carbocycles. The van der Waals surface area contributed by atoms with Crippen molar-refractivity contribution in [2.24, 2.45) is 0 Å². The van der Waals surface area contributed by atoms with Crippen LogP contribution in [0, 0.1) is 5.82 Å². The number of carbonyl (C=O) groups is 1. The Balaban J connectivity index is 1.63. The molecule has 8 heteroatoms. The summed E-state index contributed by atoms with van der Waals surface area (Å²) < 4.78 is 14.4. The molecule has 0 fully saturated rings. The zero-order chi connectivity index (χ0) is 16.9. The summed E-state index contributed by atoms with van der Waals surface area (Å²) in [6.45, 7) is 0.176. The molecule has 0 aliphatic rings. The van der Waals surface area contributed by atoms with E-state index in [1.54, 1.807) is 36.4 Å². The lowest BCUT2D eigenvalue weighted by molar-refractivity contribution is -0.120. The number of carbonyl (C=O) groups excluding carboxylic acids is 1. The van der Waals surface area contributed by atoms with Crippen LogP contribution in [-0.4, -0.2) is 26.1 Å². The number of rotatable bonds is 5. The van der Waals surface area contributed by atoms with E-state index in [1.807, 2.05) is 0 Å². The Labute approximate surface area is 142 Å². The van der Waals surface area contributed by atoms with Gasteiger partial charge in [-0.1, -0.05) is 23.7 Å². The van der Waals surface area contributed by atoms with Crippen molar-refractivity contribution >= 4 is 17.5 Å². The first-order chi connectivity index (χ1) is 11.6. The minimum Gasteiger partial charge on any atom is -0.348 e. The number of nitrogens with zero attached hydrogens (tertiary/aromatic N) is 4. The van der Waals surface area contributed by atoms with E-state index in [0.29, 0.717) is 10.8 Å². The lowest BCUT2D eigenvalue weighted by Gasteiger charge is -2.07. The number of hydrogen-bond donors (Lipinski definition) is 1. The van der Waals surface area contributed by atoms with Crippen molar-refractivity contribution in [1.29, 1.82) is 0 Å². The number of amides is 1. The molecular formula is C16H13ClFN5O. The minimum atomic E-state index is -0.332. The van der Waals surface area contributed by atoms with E-state index in [1.165, 1.54) is 16.8 Å². The number of aromatic nitrogens is 4. The van der Waals surface area contributed by atoms with E-state index in [9.17, 15) is 9.18 Å². The Morgan fingerprint density at radius 3 is 2.54 bits per heavy atom. The molecule has 0 unspecified atom stereocenters. The summed E-state index contributed by atoms with van der Waals surface area (Å²) in [5.74, 6) is -0.0432. The van der Waals surface area contributed by atoms with Gasteiger partial charge in [-0.05, 0) is 52.4 Å². The summed E-state index contributed by atoms with van der Waals surface area (Å²) in [6.07, 6.45) is 0.156. The predicted octanol–water partition coefficient (Wildman–Crippen LogP) is 2.31. The lowest BCUT2D eigenvalue weighted by Crippen LogP contribution is -2.26. The quantitative estimate of drug-likeness (QED) is 0.770. The number of tetrazole rings is 1. The molecule has 6 nitrogen and oxygen atoms in total. The third-order valence-corrected chi connectivity index (χ3v) is 3.58. The third kappa shape index (κ3) is 3.94. The Hall–Kier alpha value is -2.80. The standard InChI is InChI=1S/C16H13ClFN5O/c17-12-3-7-14(8-4-12)23-15(20-21-22-23)10-19-16(24)9-11-1-5-13(18)6-2-11/h1-8H,9-10H2,(H,19,24). The summed E-state index contributed by atoms with van der Waals surface area (Å²) in [4.78, 5) is 12.0. The van der Waals surface area contributed by atoms with Crippen molar-refractivity contribution in [1.82, 2.24) is 25.5 Å². The van der Waals surface area contributed by atoms with Crippen LogP contribution in [0.5, 0.6) is 0 Å². The van der Waals surface area contributed by atoms with Crippen molar-refractivity contribution in [2.75, 3.05) is 0 Å². The van der Waals surface area contributed by atoms with Gasteiger partial charge < -0.3 is 5.32 Å². The van der Waals surface area contributed by atoms with E-state index >= 15 is 0 Å². The molecular weight excluding hydrogens is 333 g/mol. The first-order valence-electron chi connectivity index (χ1n) is 7.16. The van der Waals surface area contributed by atoms with E-state index in [-0.39, 0.29) is 24.7 Å². The number of nitrogens with one attached hydrogen (secondary N) is 1. The van der Waals surface area contributed by atoms with E-state index in [0.717, 1.165) is 11.3 Å². The molecule has 24 heavy (non-hydrogen) atoms. The van der Waals surface area contributed by atoms with Gasteiger partial charge in [0, 0.05) is 5.02 Å². The Morgan fingerprint density at radius 2 is 1.83 bits per heavy atom. The highest BCUT2D eigenvalue weighted by atomic mass is 35.5. The van der Waals surface area contributed by atoms with Crippen LogP contribution in [0.25, 0.3) is 5.69 Å². The molecule has 0 spiro atoms. The van der Waals surface area contributed by atoms with Crippen LogP contribution in [0.15, 0.2) is 48.5 Å². The van der Waals surface area contributed by atoms with Gasteiger partial charge in [0.05, 0.1) is 18.7 Å². The molecule has 1 aromatic heterocycles.